The average molecular weight is 278 g/mol. The zero-order valence-corrected chi connectivity index (χ0v) is 10.1. The molecule has 1 saturated heterocycles. The molecule has 0 aromatic carbocycles. The van der Waals surface area contributed by atoms with Crippen molar-refractivity contribution in [2.24, 2.45) is 0 Å². The first-order chi connectivity index (χ1) is 8.99. The van der Waals surface area contributed by atoms with Crippen molar-refractivity contribution in [2.45, 2.75) is 12.3 Å². The van der Waals surface area contributed by atoms with E-state index in [9.17, 15) is 17.6 Å². The van der Waals surface area contributed by atoms with Gasteiger partial charge < -0.3 is 4.90 Å². The van der Waals surface area contributed by atoms with Crippen molar-refractivity contribution < 1.29 is 17.6 Å². The normalized spacial score (nSPS) is 18.1. The van der Waals surface area contributed by atoms with E-state index >= 15 is 0 Å². The molecule has 1 aliphatic rings. The van der Waals surface area contributed by atoms with Crippen LogP contribution in [0.4, 0.5) is 23.5 Å². The number of nitrogens with zero attached hydrogens (tertiary/aromatic N) is 4. The van der Waals surface area contributed by atoms with Gasteiger partial charge >= 0.3 is 12.3 Å². The summed E-state index contributed by atoms with van der Waals surface area (Å²) in [7, 11) is 0. The minimum atomic E-state index is -3.95. The van der Waals surface area contributed by atoms with Gasteiger partial charge in [-0.05, 0) is 6.07 Å². The Kier molecular flexibility index (Phi) is 4.18. The largest absolute Gasteiger partial charge is 0.338 e. The van der Waals surface area contributed by atoms with E-state index in [4.69, 9.17) is 0 Å². The van der Waals surface area contributed by atoms with Gasteiger partial charge in [-0.3, -0.25) is 4.90 Å². The highest BCUT2D eigenvalue weighted by molar-refractivity contribution is 5.29. The van der Waals surface area contributed by atoms with Gasteiger partial charge in [-0.15, -0.1) is 0 Å². The van der Waals surface area contributed by atoms with E-state index in [-0.39, 0.29) is 0 Å². The standard InChI is InChI=1S/C11H14F4N4/c12-9(13)11(14,15)8-18-4-6-19(7-5-18)10-16-2-1-3-17-10/h1-3,9H,4-8H2. The second-order valence-electron chi connectivity index (χ2n) is 4.37. The van der Waals surface area contributed by atoms with Crippen molar-refractivity contribution in [1.29, 1.82) is 0 Å². The van der Waals surface area contributed by atoms with Gasteiger partial charge in [-0.1, -0.05) is 0 Å². The second-order valence-corrected chi connectivity index (χ2v) is 4.37. The summed E-state index contributed by atoms with van der Waals surface area (Å²) in [5.74, 6) is -3.42. The number of anilines is 1. The smallest absolute Gasteiger partial charge is 0.319 e. The fraction of sp³-hybridized carbons (Fsp3) is 0.636. The van der Waals surface area contributed by atoms with E-state index in [1.54, 1.807) is 18.5 Å². The van der Waals surface area contributed by atoms with E-state index in [1.165, 1.54) is 4.90 Å². The van der Waals surface area contributed by atoms with Crippen LogP contribution < -0.4 is 4.90 Å². The summed E-state index contributed by atoms with van der Waals surface area (Å²) in [5.41, 5.74) is 0. The first kappa shape index (κ1) is 14.0. The van der Waals surface area contributed by atoms with Gasteiger partial charge in [-0.2, -0.15) is 8.78 Å². The molecule has 8 heteroatoms. The van der Waals surface area contributed by atoms with Crippen LogP contribution in [-0.4, -0.2) is 59.9 Å². The summed E-state index contributed by atoms with van der Waals surface area (Å²) in [6.45, 7) is 0.571. The highest BCUT2D eigenvalue weighted by atomic mass is 19.3. The van der Waals surface area contributed by atoms with Crippen molar-refractivity contribution in [1.82, 2.24) is 14.9 Å². The molecule has 0 spiro atoms. The summed E-state index contributed by atoms with van der Waals surface area (Å²) >= 11 is 0. The zero-order valence-electron chi connectivity index (χ0n) is 10.1. The molecule has 0 amide bonds. The monoisotopic (exact) mass is 278 g/mol. The molecule has 4 nitrogen and oxygen atoms in total. The predicted octanol–water partition coefficient (Wildman–Crippen LogP) is 1.50. The Balaban J connectivity index is 1.86. The molecule has 0 aliphatic carbocycles. The molecule has 2 rings (SSSR count). The Morgan fingerprint density at radius 3 is 2.21 bits per heavy atom. The summed E-state index contributed by atoms with van der Waals surface area (Å²) in [6.07, 6.45) is -0.428. The maximum absolute atomic E-state index is 12.9. The lowest BCUT2D eigenvalue weighted by atomic mass is 10.2. The van der Waals surface area contributed by atoms with Gasteiger partial charge in [0, 0.05) is 38.6 Å². The number of hydrogen-bond donors (Lipinski definition) is 0. The third-order valence-electron chi connectivity index (χ3n) is 2.96. The lowest BCUT2D eigenvalue weighted by Gasteiger charge is -2.36. The second kappa shape index (κ2) is 5.68. The maximum atomic E-state index is 12.9. The number of rotatable bonds is 4. The van der Waals surface area contributed by atoms with Crippen molar-refractivity contribution in [2.75, 3.05) is 37.6 Å². The summed E-state index contributed by atoms with van der Waals surface area (Å²) in [4.78, 5) is 11.3. The highest BCUT2D eigenvalue weighted by Crippen LogP contribution is 2.24. The number of alkyl halides is 4. The zero-order chi connectivity index (χ0) is 13.9. The van der Waals surface area contributed by atoms with E-state index in [1.807, 2.05) is 4.90 Å². The van der Waals surface area contributed by atoms with Gasteiger partial charge in [0.2, 0.25) is 5.95 Å². The first-order valence-corrected chi connectivity index (χ1v) is 5.89. The van der Waals surface area contributed by atoms with Crippen LogP contribution in [0.15, 0.2) is 18.5 Å². The van der Waals surface area contributed by atoms with Crippen LogP contribution in [0.5, 0.6) is 0 Å². The van der Waals surface area contributed by atoms with Crippen LogP contribution in [0.3, 0.4) is 0 Å². The Hall–Kier alpha value is -1.44. The molecule has 1 aromatic heterocycles. The molecule has 0 saturated carbocycles. The Morgan fingerprint density at radius 2 is 1.68 bits per heavy atom. The van der Waals surface area contributed by atoms with Crippen LogP contribution in [0.1, 0.15) is 0 Å². The van der Waals surface area contributed by atoms with Crippen LogP contribution in [0, 0.1) is 0 Å². The average Bonchev–Trinajstić information content (AvgIpc) is 2.40. The maximum Gasteiger partial charge on any atom is 0.319 e. The minimum Gasteiger partial charge on any atom is -0.338 e. The molecule has 0 bridgehead atoms. The van der Waals surface area contributed by atoms with Gasteiger partial charge in [0.25, 0.3) is 0 Å². The third kappa shape index (κ3) is 3.52. The van der Waals surface area contributed by atoms with E-state index in [2.05, 4.69) is 9.97 Å². The van der Waals surface area contributed by atoms with Gasteiger partial charge in [0.15, 0.2) is 0 Å². The van der Waals surface area contributed by atoms with Gasteiger partial charge in [0.1, 0.15) is 0 Å². The molecule has 0 radical (unpaired) electrons. The molecule has 0 atom stereocenters. The highest BCUT2D eigenvalue weighted by Gasteiger charge is 2.42. The third-order valence-corrected chi connectivity index (χ3v) is 2.96. The van der Waals surface area contributed by atoms with E-state index < -0.39 is 18.9 Å². The molecule has 106 valence electrons. The molecule has 1 aromatic rings. The number of aromatic nitrogens is 2. The van der Waals surface area contributed by atoms with Gasteiger partial charge in [0.05, 0.1) is 6.54 Å². The lowest BCUT2D eigenvalue weighted by molar-refractivity contribution is -0.142. The molecular formula is C11H14F4N4. The quantitative estimate of drug-likeness (QED) is 0.781. The SMILES string of the molecule is FC(F)C(F)(F)CN1CCN(c2ncccn2)CC1. The fourth-order valence-corrected chi connectivity index (χ4v) is 1.93. The predicted molar refractivity (Wildman–Crippen MR) is 61.6 cm³/mol. The molecule has 0 unspecified atom stereocenters. The fourth-order valence-electron chi connectivity index (χ4n) is 1.93. The number of hydrogen-bond acceptors (Lipinski definition) is 4. The summed E-state index contributed by atoms with van der Waals surface area (Å²) in [6, 6.07) is 1.68. The van der Waals surface area contributed by atoms with Crippen LogP contribution in [-0.2, 0) is 0 Å². The minimum absolute atomic E-state index is 0.292. The van der Waals surface area contributed by atoms with Crippen molar-refractivity contribution >= 4 is 5.95 Å². The number of halogens is 4. The molecule has 1 aliphatic heterocycles. The molecule has 1 fully saturated rings. The van der Waals surface area contributed by atoms with E-state index in [0.29, 0.717) is 32.1 Å². The van der Waals surface area contributed by atoms with Gasteiger partial charge in [-0.25, -0.2) is 18.7 Å². The topological polar surface area (TPSA) is 32.3 Å². The molecular weight excluding hydrogens is 264 g/mol. The lowest BCUT2D eigenvalue weighted by Crippen LogP contribution is -2.51. The Morgan fingerprint density at radius 1 is 1.11 bits per heavy atom. The molecule has 0 N–H and O–H groups in total. The Labute approximate surface area is 108 Å². The van der Waals surface area contributed by atoms with Crippen molar-refractivity contribution in [3.05, 3.63) is 18.5 Å². The Bertz CT molecular complexity index is 393. The van der Waals surface area contributed by atoms with Crippen molar-refractivity contribution in [3.8, 4) is 0 Å². The summed E-state index contributed by atoms with van der Waals surface area (Å²) < 4.78 is 50.0. The van der Waals surface area contributed by atoms with Crippen LogP contribution in [0.25, 0.3) is 0 Å². The first-order valence-electron chi connectivity index (χ1n) is 5.89. The molecule has 2 heterocycles. The number of piperazine rings is 1. The van der Waals surface area contributed by atoms with E-state index in [0.717, 1.165) is 0 Å². The van der Waals surface area contributed by atoms with Crippen LogP contribution in [0.2, 0.25) is 0 Å². The summed E-state index contributed by atoms with van der Waals surface area (Å²) in [5, 5.41) is 0. The van der Waals surface area contributed by atoms with Crippen LogP contribution >= 0.6 is 0 Å². The van der Waals surface area contributed by atoms with Crippen molar-refractivity contribution in [3.63, 3.8) is 0 Å². The molecule has 19 heavy (non-hydrogen) atoms.